The molecule has 2 aliphatic heterocycles. The maximum Gasteiger partial charge on any atom is 0.214 e. The van der Waals surface area contributed by atoms with Gasteiger partial charge in [0.15, 0.2) is 6.23 Å². The summed E-state index contributed by atoms with van der Waals surface area (Å²) >= 11 is 0. The molecule has 1 unspecified atom stereocenters. The van der Waals surface area contributed by atoms with Crippen molar-refractivity contribution in [3.63, 3.8) is 0 Å². The number of ketones is 1. The molecule has 0 aromatic heterocycles. The number of aliphatic hydroxyl groups excluding tert-OH is 1. The van der Waals surface area contributed by atoms with Gasteiger partial charge in [0.1, 0.15) is 0 Å². The molecule has 2 heterocycles. The summed E-state index contributed by atoms with van der Waals surface area (Å²) in [5, 5.41) is 10.7. The Morgan fingerprint density at radius 1 is 0.839 bits per heavy atom. The molecule has 0 spiro atoms. The highest BCUT2D eigenvalue weighted by molar-refractivity contribution is 6.10. The third-order valence-electron chi connectivity index (χ3n) is 7.32. The average molecular weight is 420 g/mol. The number of piperazine rings is 1. The lowest BCUT2D eigenvalue weighted by atomic mass is 9.93. The van der Waals surface area contributed by atoms with Crippen LogP contribution in [0.3, 0.4) is 0 Å². The van der Waals surface area contributed by atoms with Crippen LogP contribution in [0.1, 0.15) is 53.1 Å². The fraction of sp³-hybridized carbons (Fsp3) is 0.500. The molecule has 31 heavy (non-hydrogen) atoms. The van der Waals surface area contributed by atoms with Crippen molar-refractivity contribution >= 4 is 11.5 Å². The molecule has 1 saturated heterocycles. The lowest BCUT2D eigenvalue weighted by molar-refractivity contribution is 0.0758. The Kier molecular flexibility index (Phi) is 6.08. The number of carbonyl (C=O) groups is 1. The summed E-state index contributed by atoms with van der Waals surface area (Å²) in [6.07, 6.45) is 3.88. The molecule has 3 aliphatic rings. The lowest BCUT2D eigenvalue weighted by Gasteiger charge is -2.36. The smallest absolute Gasteiger partial charge is 0.214 e. The number of benzene rings is 2. The summed E-state index contributed by atoms with van der Waals surface area (Å²) in [4.78, 5) is 19.7. The van der Waals surface area contributed by atoms with Crippen LogP contribution in [0, 0.1) is 0 Å². The minimum absolute atomic E-state index is 0.137. The normalized spacial score (nSPS) is 22.9. The number of para-hydroxylation sites is 1. The quantitative estimate of drug-likeness (QED) is 0.777. The molecule has 5 rings (SSSR count). The summed E-state index contributed by atoms with van der Waals surface area (Å²) in [7, 11) is 0. The number of fused-ring (bicyclic) bond motifs is 1. The Labute approximate surface area is 185 Å². The highest BCUT2D eigenvalue weighted by Gasteiger charge is 2.39. The molecule has 2 aromatic carbocycles. The van der Waals surface area contributed by atoms with Crippen LogP contribution in [0.5, 0.6) is 0 Å². The summed E-state index contributed by atoms with van der Waals surface area (Å²) < 4.78 is 0. The van der Waals surface area contributed by atoms with E-state index in [0.29, 0.717) is 18.0 Å². The van der Waals surface area contributed by atoms with Gasteiger partial charge in [-0.15, -0.1) is 0 Å². The Morgan fingerprint density at radius 3 is 2.29 bits per heavy atom. The maximum absolute atomic E-state index is 12.7. The van der Waals surface area contributed by atoms with Gasteiger partial charge in [0, 0.05) is 51.4 Å². The van der Waals surface area contributed by atoms with E-state index in [4.69, 9.17) is 0 Å². The standard InChI is InChI=1S/C26H33N3O2/c30-25-23-12-6-11-22(21-9-4-5-10-21)24(23)29(26(25)31)18-17-27-13-15-28(16-14-27)19-20-7-2-1-3-8-20/h1-3,6-8,11-12,21,26,31H,4-5,9-10,13-19H2. The lowest BCUT2D eigenvalue weighted by Crippen LogP contribution is -2.49. The first-order chi connectivity index (χ1) is 15.2. The van der Waals surface area contributed by atoms with E-state index in [2.05, 4.69) is 46.2 Å². The van der Waals surface area contributed by atoms with Gasteiger partial charge in [0.2, 0.25) is 5.78 Å². The predicted molar refractivity (Wildman–Crippen MR) is 123 cm³/mol. The second-order valence-electron chi connectivity index (χ2n) is 9.26. The van der Waals surface area contributed by atoms with E-state index in [-0.39, 0.29) is 5.78 Å². The number of Topliss-reactive ketones (excluding diaryl/α,β-unsaturated/α-hetero) is 1. The van der Waals surface area contributed by atoms with E-state index in [1.54, 1.807) is 0 Å². The van der Waals surface area contributed by atoms with E-state index in [0.717, 1.165) is 45.0 Å². The van der Waals surface area contributed by atoms with Crippen molar-refractivity contribution in [2.45, 2.75) is 44.4 Å². The van der Waals surface area contributed by atoms with Crippen molar-refractivity contribution in [2.75, 3.05) is 44.2 Å². The van der Waals surface area contributed by atoms with Gasteiger partial charge >= 0.3 is 0 Å². The average Bonchev–Trinajstić information content (AvgIpc) is 3.42. The van der Waals surface area contributed by atoms with E-state index < -0.39 is 6.23 Å². The summed E-state index contributed by atoms with van der Waals surface area (Å²) in [6, 6.07) is 16.7. The molecular formula is C26H33N3O2. The molecule has 2 fully saturated rings. The molecule has 164 valence electrons. The van der Waals surface area contributed by atoms with Crippen LogP contribution >= 0.6 is 0 Å². The van der Waals surface area contributed by atoms with E-state index >= 15 is 0 Å². The van der Waals surface area contributed by atoms with Gasteiger partial charge in [-0.3, -0.25) is 14.6 Å². The fourth-order valence-corrected chi connectivity index (χ4v) is 5.55. The molecule has 5 heteroatoms. The second kappa shape index (κ2) is 9.11. The Hall–Kier alpha value is -2.21. The van der Waals surface area contributed by atoms with Gasteiger partial charge in [0.25, 0.3) is 0 Å². The second-order valence-corrected chi connectivity index (χ2v) is 9.26. The third-order valence-corrected chi connectivity index (χ3v) is 7.32. The van der Waals surface area contributed by atoms with Crippen molar-refractivity contribution < 1.29 is 9.90 Å². The minimum Gasteiger partial charge on any atom is -0.367 e. The molecule has 1 atom stereocenters. The molecule has 0 radical (unpaired) electrons. The van der Waals surface area contributed by atoms with Crippen LogP contribution in [0.2, 0.25) is 0 Å². The van der Waals surface area contributed by atoms with E-state index in [1.165, 1.54) is 36.8 Å². The van der Waals surface area contributed by atoms with Gasteiger partial charge in [-0.1, -0.05) is 55.3 Å². The third kappa shape index (κ3) is 4.27. The van der Waals surface area contributed by atoms with Gasteiger partial charge in [0.05, 0.1) is 5.69 Å². The van der Waals surface area contributed by atoms with Crippen LogP contribution in [0.15, 0.2) is 48.5 Å². The minimum atomic E-state index is -1.03. The van der Waals surface area contributed by atoms with Crippen molar-refractivity contribution in [1.82, 2.24) is 9.80 Å². The molecule has 0 bridgehead atoms. The fourth-order valence-electron chi connectivity index (χ4n) is 5.55. The van der Waals surface area contributed by atoms with Crippen LogP contribution in [0.4, 0.5) is 5.69 Å². The largest absolute Gasteiger partial charge is 0.367 e. The van der Waals surface area contributed by atoms with Crippen LogP contribution in [-0.4, -0.2) is 66.2 Å². The molecule has 1 saturated carbocycles. The highest BCUT2D eigenvalue weighted by atomic mass is 16.3. The highest BCUT2D eigenvalue weighted by Crippen LogP contribution is 2.43. The van der Waals surface area contributed by atoms with Crippen molar-refractivity contribution in [3.05, 3.63) is 65.2 Å². The summed E-state index contributed by atoms with van der Waals surface area (Å²) in [6.45, 7) is 6.75. The van der Waals surface area contributed by atoms with Gasteiger partial charge in [-0.05, 0) is 36.0 Å². The molecule has 1 N–H and O–H groups in total. The van der Waals surface area contributed by atoms with Crippen molar-refractivity contribution in [2.24, 2.45) is 0 Å². The summed E-state index contributed by atoms with van der Waals surface area (Å²) in [5.41, 5.74) is 4.36. The number of carbonyl (C=O) groups excluding carboxylic acids is 1. The van der Waals surface area contributed by atoms with Gasteiger partial charge in [-0.25, -0.2) is 0 Å². The number of hydrogen-bond donors (Lipinski definition) is 1. The molecule has 5 nitrogen and oxygen atoms in total. The van der Waals surface area contributed by atoms with Gasteiger partial charge < -0.3 is 10.0 Å². The summed E-state index contributed by atoms with van der Waals surface area (Å²) in [5.74, 6) is 0.389. The first-order valence-corrected chi connectivity index (χ1v) is 11.8. The number of nitrogens with zero attached hydrogens (tertiary/aromatic N) is 3. The first kappa shape index (κ1) is 20.7. The van der Waals surface area contributed by atoms with Crippen LogP contribution in [0.25, 0.3) is 0 Å². The number of aliphatic hydroxyl groups is 1. The number of anilines is 1. The number of hydrogen-bond acceptors (Lipinski definition) is 5. The SMILES string of the molecule is O=C1c2cccc(C3CCCC3)c2N(CCN2CCN(Cc3ccccc3)CC2)C1O. The predicted octanol–water partition coefficient (Wildman–Crippen LogP) is 3.48. The molecule has 0 amide bonds. The molecule has 2 aromatic rings. The van der Waals surface area contributed by atoms with Crippen molar-refractivity contribution in [3.8, 4) is 0 Å². The topological polar surface area (TPSA) is 47.0 Å². The van der Waals surface area contributed by atoms with Crippen LogP contribution in [-0.2, 0) is 6.54 Å². The Morgan fingerprint density at radius 2 is 1.55 bits per heavy atom. The maximum atomic E-state index is 12.7. The van der Waals surface area contributed by atoms with Crippen LogP contribution < -0.4 is 4.90 Å². The van der Waals surface area contributed by atoms with Gasteiger partial charge in [-0.2, -0.15) is 0 Å². The van der Waals surface area contributed by atoms with E-state index in [9.17, 15) is 9.90 Å². The zero-order valence-corrected chi connectivity index (χ0v) is 18.2. The Bertz CT molecular complexity index is 902. The number of rotatable bonds is 6. The molecule has 1 aliphatic carbocycles. The zero-order valence-electron chi connectivity index (χ0n) is 18.2. The molecular weight excluding hydrogens is 386 g/mol. The van der Waals surface area contributed by atoms with Crippen molar-refractivity contribution in [1.29, 1.82) is 0 Å². The zero-order chi connectivity index (χ0) is 21.2. The monoisotopic (exact) mass is 419 g/mol. The Balaban J connectivity index is 1.21. The van der Waals surface area contributed by atoms with E-state index in [1.807, 2.05) is 17.0 Å². The first-order valence-electron chi connectivity index (χ1n) is 11.8.